The summed E-state index contributed by atoms with van der Waals surface area (Å²) in [5, 5.41) is 12.8. The number of primary amides is 1. The van der Waals surface area contributed by atoms with E-state index in [0.29, 0.717) is 6.54 Å². The first-order chi connectivity index (χ1) is 14.4. The van der Waals surface area contributed by atoms with Crippen LogP contribution in [-0.4, -0.2) is 54.0 Å². The molecule has 4 N–H and O–H groups in total. The van der Waals surface area contributed by atoms with Gasteiger partial charge in [0.15, 0.2) is 0 Å². The SMILES string of the molecule is NC(=O)Nc1ccc(F)cc1OC[C@@H](O)CN1CCC2(CC1)Cc1ccccc1O2. The fraction of sp³-hybridized carbons (Fsp3) is 0.409. The first-order valence-electron chi connectivity index (χ1n) is 10.1. The third-order valence-electron chi connectivity index (χ3n) is 5.68. The van der Waals surface area contributed by atoms with Gasteiger partial charge in [-0.3, -0.25) is 0 Å². The van der Waals surface area contributed by atoms with Crippen molar-refractivity contribution >= 4 is 11.7 Å². The lowest BCUT2D eigenvalue weighted by Gasteiger charge is -2.39. The predicted octanol–water partition coefficient (Wildman–Crippen LogP) is 2.53. The van der Waals surface area contributed by atoms with E-state index in [9.17, 15) is 14.3 Å². The molecule has 1 saturated heterocycles. The largest absolute Gasteiger partial charge is 0.489 e. The van der Waals surface area contributed by atoms with E-state index in [1.807, 2.05) is 18.2 Å². The molecule has 2 aromatic carbocycles. The Labute approximate surface area is 174 Å². The monoisotopic (exact) mass is 415 g/mol. The van der Waals surface area contributed by atoms with Gasteiger partial charge in [0.2, 0.25) is 0 Å². The number of nitrogens with one attached hydrogen (secondary N) is 1. The number of urea groups is 1. The van der Waals surface area contributed by atoms with Crippen molar-refractivity contribution in [1.29, 1.82) is 0 Å². The minimum atomic E-state index is -0.773. The molecule has 0 unspecified atom stereocenters. The number of anilines is 1. The third-order valence-corrected chi connectivity index (χ3v) is 5.68. The molecule has 1 fully saturated rings. The number of likely N-dealkylation sites (tertiary alicyclic amines) is 1. The number of halogens is 1. The first-order valence-corrected chi connectivity index (χ1v) is 10.1. The van der Waals surface area contributed by atoms with Crippen LogP contribution in [-0.2, 0) is 6.42 Å². The highest BCUT2D eigenvalue weighted by Crippen LogP contribution is 2.40. The molecular formula is C22H26FN3O4. The van der Waals surface area contributed by atoms with E-state index in [4.69, 9.17) is 15.2 Å². The van der Waals surface area contributed by atoms with Crippen LogP contribution in [0.5, 0.6) is 11.5 Å². The van der Waals surface area contributed by atoms with Gasteiger partial charge < -0.3 is 30.5 Å². The third kappa shape index (κ3) is 4.66. The number of ether oxygens (including phenoxy) is 2. The summed E-state index contributed by atoms with van der Waals surface area (Å²) < 4.78 is 25.3. The van der Waals surface area contributed by atoms with Crippen molar-refractivity contribution in [3.05, 3.63) is 53.8 Å². The van der Waals surface area contributed by atoms with E-state index in [1.54, 1.807) is 0 Å². The summed E-state index contributed by atoms with van der Waals surface area (Å²) in [5.74, 6) is 0.603. The van der Waals surface area contributed by atoms with Crippen LogP contribution in [0.25, 0.3) is 0 Å². The Morgan fingerprint density at radius 3 is 2.80 bits per heavy atom. The Balaban J connectivity index is 1.27. The molecule has 7 nitrogen and oxygen atoms in total. The number of rotatable bonds is 6. The van der Waals surface area contributed by atoms with Crippen molar-refractivity contribution < 1.29 is 23.8 Å². The highest BCUT2D eigenvalue weighted by Gasteiger charge is 2.41. The van der Waals surface area contributed by atoms with E-state index in [1.165, 1.54) is 17.7 Å². The van der Waals surface area contributed by atoms with Crippen LogP contribution in [0, 0.1) is 5.82 Å². The van der Waals surface area contributed by atoms with E-state index < -0.39 is 18.0 Å². The second-order valence-electron chi connectivity index (χ2n) is 7.96. The molecule has 0 saturated carbocycles. The molecule has 8 heteroatoms. The Morgan fingerprint density at radius 1 is 1.30 bits per heavy atom. The number of carbonyl (C=O) groups excluding carboxylic acids is 1. The van der Waals surface area contributed by atoms with Crippen LogP contribution in [0.4, 0.5) is 14.9 Å². The summed E-state index contributed by atoms with van der Waals surface area (Å²) in [6.45, 7) is 2.05. The number of aliphatic hydroxyl groups is 1. The maximum atomic E-state index is 13.5. The Bertz CT molecular complexity index is 888. The Morgan fingerprint density at radius 2 is 2.07 bits per heavy atom. The summed E-state index contributed by atoms with van der Waals surface area (Å²) in [4.78, 5) is 13.3. The summed E-state index contributed by atoms with van der Waals surface area (Å²) in [6, 6.07) is 11.1. The number of carbonyl (C=O) groups is 1. The van der Waals surface area contributed by atoms with Crippen LogP contribution < -0.4 is 20.5 Å². The number of amides is 2. The number of piperidine rings is 1. The topological polar surface area (TPSA) is 97.1 Å². The lowest BCUT2D eigenvalue weighted by atomic mass is 9.87. The Kier molecular flexibility index (Phi) is 5.78. The fourth-order valence-electron chi connectivity index (χ4n) is 4.18. The number of fused-ring (bicyclic) bond motifs is 1. The van der Waals surface area contributed by atoms with Crippen molar-refractivity contribution in [2.45, 2.75) is 31.0 Å². The normalized spacial score (nSPS) is 18.5. The molecule has 2 heterocycles. The number of hydrogen-bond acceptors (Lipinski definition) is 5. The standard InChI is InChI=1S/C22H26FN3O4/c23-16-5-6-18(25-21(24)28)20(11-16)29-14-17(27)13-26-9-7-22(8-10-26)12-15-3-1-2-4-19(15)30-22/h1-6,11,17,27H,7-10,12-14H2,(H3,24,25,28)/t17-/m0/s1. The average Bonchev–Trinajstić information content (AvgIpc) is 3.07. The molecule has 4 rings (SSSR count). The minimum Gasteiger partial charge on any atom is -0.489 e. The molecular weight excluding hydrogens is 389 g/mol. The molecule has 1 spiro atoms. The van der Waals surface area contributed by atoms with Gasteiger partial charge in [-0.1, -0.05) is 18.2 Å². The van der Waals surface area contributed by atoms with Crippen molar-refractivity contribution in [3.8, 4) is 11.5 Å². The Hall–Kier alpha value is -2.84. The average molecular weight is 415 g/mol. The van der Waals surface area contributed by atoms with Gasteiger partial charge in [0.05, 0.1) is 5.69 Å². The quantitative estimate of drug-likeness (QED) is 0.674. The molecule has 2 aliphatic heterocycles. The van der Waals surface area contributed by atoms with Crippen LogP contribution >= 0.6 is 0 Å². The highest BCUT2D eigenvalue weighted by molar-refractivity contribution is 5.89. The second-order valence-corrected chi connectivity index (χ2v) is 7.96. The molecule has 2 amide bonds. The van der Waals surface area contributed by atoms with Crippen molar-refractivity contribution in [2.75, 3.05) is 31.6 Å². The number of para-hydroxylation sites is 1. The zero-order chi connectivity index (χ0) is 21.1. The van der Waals surface area contributed by atoms with Crippen LogP contribution in [0.15, 0.2) is 42.5 Å². The van der Waals surface area contributed by atoms with Gasteiger partial charge in [-0.05, 0) is 23.8 Å². The van der Waals surface area contributed by atoms with Gasteiger partial charge >= 0.3 is 6.03 Å². The lowest BCUT2D eigenvalue weighted by molar-refractivity contribution is -0.00192. The first kappa shape index (κ1) is 20.4. The molecule has 2 aromatic rings. The number of benzene rings is 2. The van der Waals surface area contributed by atoms with Crippen LogP contribution in [0.2, 0.25) is 0 Å². The summed E-state index contributed by atoms with van der Waals surface area (Å²) >= 11 is 0. The molecule has 2 aliphatic rings. The molecule has 0 bridgehead atoms. The van der Waals surface area contributed by atoms with E-state index >= 15 is 0 Å². The van der Waals surface area contributed by atoms with Crippen molar-refractivity contribution in [2.24, 2.45) is 5.73 Å². The predicted molar refractivity (Wildman–Crippen MR) is 110 cm³/mol. The second kappa shape index (κ2) is 8.49. The molecule has 1 atom stereocenters. The van der Waals surface area contributed by atoms with Gasteiger partial charge in [-0.2, -0.15) is 0 Å². The van der Waals surface area contributed by atoms with Crippen molar-refractivity contribution in [3.63, 3.8) is 0 Å². The molecule has 30 heavy (non-hydrogen) atoms. The maximum Gasteiger partial charge on any atom is 0.316 e. The number of aliphatic hydroxyl groups excluding tert-OH is 1. The smallest absolute Gasteiger partial charge is 0.316 e. The van der Waals surface area contributed by atoms with E-state index in [0.717, 1.165) is 44.2 Å². The highest BCUT2D eigenvalue weighted by atomic mass is 19.1. The minimum absolute atomic E-state index is 0.0273. The van der Waals surface area contributed by atoms with Crippen LogP contribution in [0.1, 0.15) is 18.4 Å². The van der Waals surface area contributed by atoms with Gasteiger partial charge in [0, 0.05) is 45.0 Å². The molecule has 0 aliphatic carbocycles. The number of β-amino-alcohol motifs (C(OH)–C–C–N with tert-alkyl or cyclic N) is 1. The van der Waals surface area contributed by atoms with Gasteiger partial charge in [-0.15, -0.1) is 0 Å². The van der Waals surface area contributed by atoms with Gasteiger partial charge in [0.1, 0.15) is 35.6 Å². The number of hydrogen-bond donors (Lipinski definition) is 3. The molecule has 0 radical (unpaired) electrons. The zero-order valence-electron chi connectivity index (χ0n) is 16.6. The van der Waals surface area contributed by atoms with Crippen molar-refractivity contribution in [1.82, 2.24) is 4.90 Å². The van der Waals surface area contributed by atoms with E-state index in [2.05, 4.69) is 16.3 Å². The summed E-state index contributed by atoms with van der Waals surface area (Å²) in [7, 11) is 0. The maximum absolute atomic E-state index is 13.5. The number of nitrogens with two attached hydrogens (primary N) is 1. The fourth-order valence-corrected chi connectivity index (χ4v) is 4.18. The summed E-state index contributed by atoms with van der Waals surface area (Å²) in [6.07, 6.45) is 1.96. The lowest BCUT2D eigenvalue weighted by Crippen LogP contribution is -2.49. The van der Waals surface area contributed by atoms with Gasteiger partial charge in [-0.25, -0.2) is 9.18 Å². The molecule has 160 valence electrons. The van der Waals surface area contributed by atoms with E-state index in [-0.39, 0.29) is 23.6 Å². The molecule has 0 aromatic heterocycles. The van der Waals surface area contributed by atoms with Gasteiger partial charge in [0.25, 0.3) is 0 Å². The van der Waals surface area contributed by atoms with Crippen LogP contribution in [0.3, 0.4) is 0 Å². The summed E-state index contributed by atoms with van der Waals surface area (Å²) in [5.41, 5.74) is 6.50. The zero-order valence-corrected chi connectivity index (χ0v) is 16.6. The number of nitrogens with zero attached hydrogens (tertiary/aromatic N) is 1.